The van der Waals surface area contributed by atoms with Gasteiger partial charge in [0.25, 0.3) is 0 Å². The van der Waals surface area contributed by atoms with E-state index in [1.807, 2.05) is 39.1 Å². The van der Waals surface area contributed by atoms with Gasteiger partial charge in [0.2, 0.25) is 0 Å². The quantitative estimate of drug-likeness (QED) is 0.159. The number of halogens is 3. The normalized spacial score (nSPS) is 17.0. The number of piperazine rings is 1. The molecule has 0 N–H and O–H groups in total. The van der Waals surface area contributed by atoms with Gasteiger partial charge in [-0.15, -0.1) is 0 Å². The summed E-state index contributed by atoms with van der Waals surface area (Å²) in [5.41, 5.74) is 4.24. The van der Waals surface area contributed by atoms with Crippen molar-refractivity contribution in [1.82, 2.24) is 19.4 Å². The fourth-order valence-corrected chi connectivity index (χ4v) is 6.64. The third kappa shape index (κ3) is 7.33. The van der Waals surface area contributed by atoms with Crippen molar-refractivity contribution in [3.63, 3.8) is 0 Å². The molecule has 1 aromatic carbocycles. The van der Waals surface area contributed by atoms with Gasteiger partial charge in [0.1, 0.15) is 18.5 Å². The van der Waals surface area contributed by atoms with E-state index in [2.05, 4.69) is 14.8 Å². The number of rotatable bonds is 11. The molecule has 0 bridgehead atoms. The van der Waals surface area contributed by atoms with Crippen LogP contribution in [0.25, 0.3) is 33.4 Å². The highest BCUT2D eigenvalue weighted by Gasteiger charge is 2.36. The number of carbonyl (C=O) groups is 1. The molecule has 2 fully saturated rings. The molecule has 4 heterocycles. The van der Waals surface area contributed by atoms with Crippen LogP contribution >= 0.6 is 0 Å². The number of hydrogen-bond donors (Lipinski definition) is 0. The number of hydrogen-bond acceptors (Lipinski definition) is 8. The minimum atomic E-state index is -4.51. The van der Waals surface area contributed by atoms with Crippen LogP contribution in [0.5, 0.6) is 0 Å². The number of carbonyl (C=O) groups excluding carboxylic acids is 1. The van der Waals surface area contributed by atoms with Gasteiger partial charge in [-0.2, -0.15) is 13.2 Å². The molecule has 2 aliphatic rings. The lowest BCUT2D eigenvalue weighted by atomic mass is 9.84. The van der Waals surface area contributed by atoms with Crippen molar-refractivity contribution in [3.05, 3.63) is 54.4 Å². The number of nitrogens with zero attached hydrogens (tertiary/aromatic N) is 5. The minimum Gasteiger partial charge on any atom is -0.465 e. The van der Waals surface area contributed by atoms with E-state index in [1.54, 1.807) is 19.2 Å². The SMILES string of the molecule is COC(C)c1ncc(N2CCN(C3CC3)CC2)cc1-c1c(CC(C)(C)COC(C)=O)c2cc(-c3cocn3)ccc2n1CC(F)(F)F. The van der Waals surface area contributed by atoms with Gasteiger partial charge in [0, 0.05) is 73.7 Å². The second-order valence-corrected chi connectivity index (χ2v) is 13.5. The van der Waals surface area contributed by atoms with Crippen LogP contribution in [-0.4, -0.2) is 77.5 Å². The number of ether oxygens (including phenoxy) is 2. The van der Waals surface area contributed by atoms with Crippen molar-refractivity contribution in [2.45, 2.75) is 71.8 Å². The Morgan fingerprint density at radius 3 is 2.47 bits per heavy atom. The van der Waals surface area contributed by atoms with E-state index in [4.69, 9.17) is 18.9 Å². The summed E-state index contributed by atoms with van der Waals surface area (Å²) in [4.78, 5) is 25.7. The molecular formula is C35H42F3N5O4. The summed E-state index contributed by atoms with van der Waals surface area (Å²) in [5, 5.41) is 0.653. The van der Waals surface area contributed by atoms with Crippen molar-refractivity contribution < 1.29 is 31.9 Å². The number of benzene rings is 1. The maximum Gasteiger partial charge on any atom is 0.406 e. The summed E-state index contributed by atoms with van der Waals surface area (Å²) in [5.74, 6) is -0.416. The maximum absolute atomic E-state index is 14.5. The molecule has 1 saturated carbocycles. The van der Waals surface area contributed by atoms with Gasteiger partial charge >= 0.3 is 12.1 Å². The Labute approximate surface area is 272 Å². The van der Waals surface area contributed by atoms with Crippen LogP contribution in [0.2, 0.25) is 0 Å². The van der Waals surface area contributed by atoms with Crippen molar-refractivity contribution in [3.8, 4) is 22.5 Å². The smallest absolute Gasteiger partial charge is 0.406 e. The van der Waals surface area contributed by atoms with E-state index in [-0.39, 0.29) is 6.61 Å². The van der Waals surface area contributed by atoms with Crippen molar-refractivity contribution in [2.75, 3.05) is 44.8 Å². The number of anilines is 1. The van der Waals surface area contributed by atoms with Gasteiger partial charge in [-0.25, -0.2) is 4.98 Å². The maximum atomic E-state index is 14.5. The number of esters is 1. The van der Waals surface area contributed by atoms with Gasteiger partial charge in [-0.05, 0) is 49.9 Å². The van der Waals surface area contributed by atoms with Gasteiger partial charge in [0.15, 0.2) is 6.39 Å². The summed E-state index contributed by atoms with van der Waals surface area (Å²) >= 11 is 0. The summed E-state index contributed by atoms with van der Waals surface area (Å²) in [6.07, 6.45) is 2.46. The Morgan fingerprint density at radius 1 is 1.11 bits per heavy atom. The molecule has 252 valence electrons. The predicted molar refractivity (Wildman–Crippen MR) is 173 cm³/mol. The third-order valence-electron chi connectivity index (χ3n) is 9.20. The molecule has 1 aliphatic carbocycles. The van der Waals surface area contributed by atoms with Gasteiger partial charge < -0.3 is 23.4 Å². The van der Waals surface area contributed by atoms with E-state index < -0.39 is 30.2 Å². The number of methoxy groups -OCH3 is 1. The number of fused-ring (bicyclic) bond motifs is 1. The Bertz CT molecular complexity index is 1720. The summed E-state index contributed by atoms with van der Waals surface area (Å²) in [7, 11) is 1.57. The molecule has 0 amide bonds. The molecule has 1 saturated heterocycles. The molecule has 1 unspecified atom stereocenters. The Balaban J connectivity index is 1.57. The lowest BCUT2D eigenvalue weighted by molar-refractivity contribution is -0.144. The monoisotopic (exact) mass is 653 g/mol. The molecule has 0 radical (unpaired) electrons. The van der Waals surface area contributed by atoms with Crippen LogP contribution in [0.3, 0.4) is 0 Å². The molecule has 9 nitrogen and oxygen atoms in total. The Morgan fingerprint density at radius 2 is 1.85 bits per heavy atom. The zero-order chi connectivity index (χ0) is 33.5. The first-order valence-electron chi connectivity index (χ1n) is 16.1. The predicted octanol–water partition coefficient (Wildman–Crippen LogP) is 7.04. The number of oxazole rings is 1. The largest absolute Gasteiger partial charge is 0.465 e. The van der Waals surface area contributed by atoms with E-state index in [9.17, 15) is 18.0 Å². The Hall–Kier alpha value is -3.90. The van der Waals surface area contributed by atoms with Crippen LogP contribution < -0.4 is 4.90 Å². The number of pyridine rings is 1. The average Bonchev–Trinajstić information content (AvgIpc) is 3.67. The molecule has 0 spiro atoms. The summed E-state index contributed by atoms with van der Waals surface area (Å²) in [6.45, 7) is 9.48. The molecule has 47 heavy (non-hydrogen) atoms. The number of alkyl halides is 3. The topological polar surface area (TPSA) is 85.9 Å². The van der Waals surface area contributed by atoms with Crippen LogP contribution in [0, 0.1) is 5.41 Å². The second-order valence-electron chi connectivity index (χ2n) is 13.5. The standard InChI is InChI=1S/C35H42F3N5O4/c1-22(45-5)32-28(15-26(17-39-32)42-12-10-41(11-13-42)25-7-8-25)33-29(16-34(3,4)20-47-23(2)44)27-14-24(30-18-46-21-40-30)6-9-31(27)43(33)19-35(36,37)38/h6,9,14-15,17-18,21-22,25H,7-8,10-13,16,19-20H2,1-5H3. The molecule has 6 rings (SSSR count). The highest BCUT2D eigenvalue weighted by molar-refractivity contribution is 5.95. The summed E-state index contributed by atoms with van der Waals surface area (Å²) < 4.78 is 61.1. The first-order chi connectivity index (χ1) is 22.3. The minimum absolute atomic E-state index is 0.0988. The fraction of sp³-hybridized carbons (Fsp3) is 0.514. The molecule has 1 aliphatic heterocycles. The Kier molecular flexibility index (Phi) is 9.10. The molecule has 4 aromatic rings. The van der Waals surface area contributed by atoms with Gasteiger partial charge in [-0.3, -0.25) is 14.7 Å². The summed E-state index contributed by atoms with van der Waals surface area (Å²) in [6, 6.07) is 8.00. The highest BCUT2D eigenvalue weighted by Crippen LogP contribution is 2.44. The molecule has 3 aromatic heterocycles. The van der Waals surface area contributed by atoms with Gasteiger partial charge in [-0.1, -0.05) is 19.9 Å². The average molecular weight is 654 g/mol. The van der Waals surface area contributed by atoms with Crippen molar-refractivity contribution in [2.24, 2.45) is 5.41 Å². The van der Waals surface area contributed by atoms with Crippen molar-refractivity contribution >= 4 is 22.6 Å². The van der Waals surface area contributed by atoms with Crippen LogP contribution in [0.1, 0.15) is 57.9 Å². The lowest BCUT2D eigenvalue weighted by Gasteiger charge is -2.36. The first kappa shape index (κ1) is 33.0. The van der Waals surface area contributed by atoms with E-state index >= 15 is 0 Å². The van der Waals surface area contributed by atoms with Crippen molar-refractivity contribution in [1.29, 1.82) is 0 Å². The van der Waals surface area contributed by atoms with Crippen LogP contribution in [0.15, 0.2) is 47.5 Å². The van der Waals surface area contributed by atoms with E-state index in [1.165, 1.54) is 37.0 Å². The second kappa shape index (κ2) is 13.0. The fourth-order valence-electron chi connectivity index (χ4n) is 6.64. The van der Waals surface area contributed by atoms with Crippen LogP contribution in [-0.2, 0) is 27.2 Å². The lowest BCUT2D eigenvalue weighted by Crippen LogP contribution is -2.47. The van der Waals surface area contributed by atoms with Gasteiger partial charge in [0.05, 0.1) is 36.0 Å². The third-order valence-corrected chi connectivity index (χ3v) is 9.20. The number of aromatic nitrogens is 3. The zero-order valence-corrected chi connectivity index (χ0v) is 27.6. The zero-order valence-electron chi connectivity index (χ0n) is 27.6. The first-order valence-corrected chi connectivity index (χ1v) is 16.1. The van der Waals surface area contributed by atoms with E-state index in [0.29, 0.717) is 57.1 Å². The molecular weight excluding hydrogens is 611 g/mol. The van der Waals surface area contributed by atoms with E-state index in [0.717, 1.165) is 31.9 Å². The molecule has 1 atom stereocenters. The van der Waals surface area contributed by atoms with Crippen LogP contribution in [0.4, 0.5) is 18.9 Å². The molecule has 12 heteroatoms. The highest BCUT2D eigenvalue weighted by atomic mass is 19.4.